The Kier molecular flexibility index (Phi) is 3.45. The van der Waals surface area contributed by atoms with E-state index < -0.39 is 0 Å². The van der Waals surface area contributed by atoms with Gasteiger partial charge in [-0.05, 0) is 20.8 Å². The van der Waals surface area contributed by atoms with E-state index in [-0.39, 0.29) is 6.10 Å². The lowest BCUT2D eigenvalue weighted by atomic mass is 10.4. The molecule has 1 aromatic rings. The largest absolute Gasteiger partial charge is 0.444 e. The fraction of sp³-hybridized carbons (Fsp3) is 0.667. The van der Waals surface area contributed by atoms with E-state index >= 15 is 0 Å². The van der Waals surface area contributed by atoms with Gasteiger partial charge in [-0.25, -0.2) is 4.98 Å². The highest BCUT2D eigenvalue weighted by Gasteiger charge is 2.04. The zero-order valence-corrected chi connectivity index (χ0v) is 8.29. The molecule has 0 amide bonds. The maximum atomic E-state index is 8.98. The molecule has 0 aliphatic carbocycles. The van der Waals surface area contributed by atoms with E-state index in [1.807, 2.05) is 13.8 Å². The van der Waals surface area contributed by atoms with Crippen molar-refractivity contribution in [3.05, 3.63) is 17.3 Å². The van der Waals surface area contributed by atoms with E-state index in [1.54, 1.807) is 6.92 Å². The summed E-state index contributed by atoms with van der Waals surface area (Å²) in [5.74, 6) is 1.53. The van der Waals surface area contributed by atoms with E-state index in [0.717, 1.165) is 11.5 Å². The Morgan fingerprint density at radius 3 is 2.69 bits per heavy atom. The van der Waals surface area contributed by atoms with Crippen LogP contribution in [0.2, 0.25) is 0 Å². The molecule has 0 aliphatic rings. The molecule has 1 unspecified atom stereocenters. The maximum absolute atomic E-state index is 8.98. The molecule has 0 aromatic carbocycles. The molecule has 1 heterocycles. The summed E-state index contributed by atoms with van der Waals surface area (Å²) in [5, 5.41) is 12.0. The number of aliphatic hydroxyl groups excluding tert-OH is 1. The van der Waals surface area contributed by atoms with Crippen LogP contribution >= 0.6 is 0 Å². The van der Waals surface area contributed by atoms with E-state index in [9.17, 15) is 0 Å². The van der Waals surface area contributed by atoms with Gasteiger partial charge >= 0.3 is 0 Å². The molecule has 0 fully saturated rings. The van der Waals surface area contributed by atoms with Crippen molar-refractivity contribution in [1.29, 1.82) is 0 Å². The van der Waals surface area contributed by atoms with Gasteiger partial charge in [-0.3, -0.25) is 0 Å². The molecule has 4 heteroatoms. The predicted octanol–water partition coefficient (Wildman–Crippen LogP) is 0.762. The van der Waals surface area contributed by atoms with Gasteiger partial charge in [0.05, 0.1) is 18.3 Å². The summed E-state index contributed by atoms with van der Waals surface area (Å²) in [5.41, 5.74) is 0.925. The second-order valence-corrected chi connectivity index (χ2v) is 3.23. The van der Waals surface area contributed by atoms with Gasteiger partial charge < -0.3 is 14.8 Å². The van der Waals surface area contributed by atoms with E-state index in [2.05, 4.69) is 10.3 Å². The first-order valence-corrected chi connectivity index (χ1v) is 4.41. The standard InChI is InChI=1S/C9H16N2O2/c1-6(12)4-10-5-9-11-7(2)8(3)13-9/h6,10,12H,4-5H2,1-3H3. The monoisotopic (exact) mass is 184 g/mol. The van der Waals surface area contributed by atoms with Crippen molar-refractivity contribution in [2.24, 2.45) is 0 Å². The van der Waals surface area contributed by atoms with Crippen molar-refractivity contribution in [2.45, 2.75) is 33.4 Å². The Hall–Kier alpha value is -0.870. The average molecular weight is 184 g/mol. The molecule has 1 rings (SSSR count). The molecule has 4 nitrogen and oxygen atoms in total. The number of oxazole rings is 1. The Bertz CT molecular complexity index is 249. The van der Waals surface area contributed by atoms with Crippen LogP contribution in [0.5, 0.6) is 0 Å². The van der Waals surface area contributed by atoms with E-state index in [1.165, 1.54) is 0 Å². The number of nitrogens with one attached hydrogen (secondary N) is 1. The lowest BCUT2D eigenvalue weighted by molar-refractivity contribution is 0.189. The minimum absolute atomic E-state index is 0.336. The maximum Gasteiger partial charge on any atom is 0.208 e. The van der Waals surface area contributed by atoms with Gasteiger partial charge in [0.2, 0.25) is 5.89 Å². The van der Waals surface area contributed by atoms with Crippen LogP contribution in [0.3, 0.4) is 0 Å². The SMILES string of the molecule is Cc1nc(CNCC(C)O)oc1C. The molecule has 2 N–H and O–H groups in total. The van der Waals surface area contributed by atoms with Gasteiger partial charge in [-0.1, -0.05) is 0 Å². The molecule has 0 spiro atoms. The Labute approximate surface area is 78.0 Å². The number of hydrogen-bond donors (Lipinski definition) is 2. The number of aliphatic hydroxyl groups is 1. The summed E-state index contributed by atoms with van der Waals surface area (Å²) in [6, 6.07) is 0. The molecule has 1 atom stereocenters. The first-order chi connectivity index (χ1) is 6.09. The summed E-state index contributed by atoms with van der Waals surface area (Å²) >= 11 is 0. The topological polar surface area (TPSA) is 58.3 Å². The quantitative estimate of drug-likeness (QED) is 0.725. The number of hydrogen-bond acceptors (Lipinski definition) is 4. The lowest BCUT2D eigenvalue weighted by Crippen LogP contribution is -2.23. The molecule has 0 aliphatic heterocycles. The van der Waals surface area contributed by atoms with Crippen molar-refractivity contribution in [3.8, 4) is 0 Å². The average Bonchev–Trinajstić information content (AvgIpc) is 2.30. The zero-order chi connectivity index (χ0) is 9.84. The fourth-order valence-corrected chi connectivity index (χ4v) is 1.00. The van der Waals surface area contributed by atoms with Crippen LogP contribution < -0.4 is 5.32 Å². The summed E-state index contributed by atoms with van der Waals surface area (Å²) in [6.07, 6.45) is -0.336. The van der Waals surface area contributed by atoms with Gasteiger partial charge in [0.15, 0.2) is 0 Å². The Morgan fingerprint density at radius 1 is 1.54 bits per heavy atom. The third kappa shape index (κ3) is 3.16. The van der Waals surface area contributed by atoms with Crippen LogP contribution in [-0.2, 0) is 6.54 Å². The lowest BCUT2D eigenvalue weighted by Gasteiger charge is -2.03. The van der Waals surface area contributed by atoms with Crippen LogP contribution in [0.15, 0.2) is 4.42 Å². The molecule has 0 saturated carbocycles. The molecular weight excluding hydrogens is 168 g/mol. The number of aromatic nitrogens is 1. The van der Waals surface area contributed by atoms with Crippen molar-refractivity contribution in [1.82, 2.24) is 10.3 Å². The van der Waals surface area contributed by atoms with Gasteiger partial charge in [0, 0.05) is 6.54 Å². The molecule has 0 bridgehead atoms. The summed E-state index contributed by atoms with van der Waals surface area (Å²) in [6.45, 7) is 6.66. The van der Waals surface area contributed by atoms with Crippen molar-refractivity contribution in [2.75, 3.05) is 6.54 Å². The number of rotatable bonds is 4. The third-order valence-electron chi connectivity index (χ3n) is 1.79. The first-order valence-electron chi connectivity index (χ1n) is 4.41. The van der Waals surface area contributed by atoms with Crippen LogP contribution in [0, 0.1) is 13.8 Å². The van der Waals surface area contributed by atoms with E-state index in [0.29, 0.717) is 19.0 Å². The molecular formula is C9H16N2O2. The normalized spacial score (nSPS) is 13.2. The number of aryl methyl sites for hydroxylation is 2. The first kappa shape index (κ1) is 10.2. The van der Waals surface area contributed by atoms with Crippen LogP contribution in [-0.4, -0.2) is 22.7 Å². The Morgan fingerprint density at radius 2 is 2.23 bits per heavy atom. The predicted molar refractivity (Wildman–Crippen MR) is 49.4 cm³/mol. The molecule has 0 radical (unpaired) electrons. The molecule has 74 valence electrons. The molecule has 1 aromatic heterocycles. The van der Waals surface area contributed by atoms with Gasteiger partial charge in [0.25, 0.3) is 0 Å². The summed E-state index contributed by atoms with van der Waals surface area (Å²) in [7, 11) is 0. The van der Waals surface area contributed by atoms with Crippen LogP contribution in [0.1, 0.15) is 24.3 Å². The van der Waals surface area contributed by atoms with Crippen molar-refractivity contribution < 1.29 is 9.52 Å². The Balaban J connectivity index is 2.37. The highest BCUT2D eigenvalue weighted by atomic mass is 16.4. The molecule has 0 saturated heterocycles. The smallest absolute Gasteiger partial charge is 0.208 e. The highest BCUT2D eigenvalue weighted by molar-refractivity contribution is 5.04. The van der Waals surface area contributed by atoms with Gasteiger partial charge in [-0.15, -0.1) is 0 Å². The van der Waals surface area contributed by atoms with Crippen LogP contribution in [0.4, 0.5) is 0 Å². The van der Waals surface area contributed by atoms with Gasteiger partial charge in [0.1, 0.15) is 5.76 Å². The van der Waals surface area contributed by atoms with Crippen molar-refractivity contribution >= 4 is 0 Å². The summed E-state index contributed by atoms with van der Waals surface area (Å²) in [4.78, 5) is 4.20. The second-order valence-electron chi connectivity index (χ2n) is 3.23. The number of nitrogens with zero attached hydrogens (tertiary/aromatic N) is 1. The minimum atomic E-state index is -0.336. The molecule has 13 heavy (non-hydrogen) atoms. The van der Waals surface area contributed by atoms with Gasteiger partial charge in [-0.2, -0.15) is 0 Å². The van der Waals surface area contributed by atoms with Crippen molar-refractivity contribution in [3.63, 3.8) is 0 Å². The fourth-order valence-electron chi connectivity index (χ4n) is 1.00. The minimum Gasteiger partial charge on any atom is -0.444 e. The zero-order valence-electron chi connectivity index (χ0n) is 8.29. The summed E-state index contributed by atoms with van der Waals surface area (Å²) < 4.78 is 5.34. The van der Waals surface area contributed by atoms with E-state index in [4.69, 9.17) is 9.52 Å². The highest BCUT2D eigenvalue weighted by Crippen LogP contribution is 2.07. The van der Waals surface area contributed by atoms with Crippen LogP contribution in [0.25, 0.3) is 0 Å². The second kappa shape index (κ2) is 4.39. The third-order valence-corrected chi connectivity index (χ3v) is 1.79.